The zero-order chi connectivity index (χ0) is 12.3. The number of hydrogen-bond donors (Lipinski definition) is 1. The third kappa shape index (κ3) is 2.54. The van der Waals surface area contributed by atoms with Gasteiger partial charge in [-0.3, -0.25) is 4.57 Å². The monoisotopic (exact) mass is 250 g/mol. The predicted octanol–water partition coefficient (Wildman–Crippen LogP) is 2.72. The Balaban J connectivity index is 2.24. The molecular weight excluding hydrogens is 232 g/mol. The van der Waals surface area contributed by atoms with E-state index in [9.17, 15) is 0 Å². The minimum Gasteiger partial charge on any atom is -0.369 e. The van der Waals surface area contributed by atoms with E-state index in [0.29, 0.717) is 12.0 Å². The quantitative estimate of drug-likeness (QED) is 0.829. The molecule has 1 unspecified atom stereocenters. The Morgan fingerprint density at radius 3 is 3.12 bits per heavy atom. The van der Waals surface area contributed by atoms with E-state index in [1.54, 1.807) is 6.20 Å². The number of anilines is 1. The maximum atomic E-state index is 5.96. The first-order valence-electron chi connectivity index (χ1n) is 5.90. The second-order valence-electron chi connectivity index (χ2n) is 4.02. The van der Waals surface area contributed by atoms with Crippen LogP contribution in [0.3, 0.4) is 0 Å². The summed E-state index contributed by atoms with van der Waals surface area (Å²) in [7, 11) is 0. The van der Waals surface area contributed by atoms with Crippen LogP contribution in [0.25, 0.3) is 11.2 Å². The summed E-state index contributed by atoms with van der Waals surface area (Å²) in [6.45, 7) is 4.35. The van der Waals surface area contributed by atoms with Crippen LogP contribution < -0.4 is 5.73 Å². The molecule has 0 aliphatic heterocycles. The minimum absolute atomic E-state index is 0.342. The van der Waals surface area contributed by atoms with E-state index >= 15 is 0 Å². The molecule has 92 valence electrons. The Morgan fingerprint density at radius 2 is 2.35 bits per heavy atom. The zero-order valence-electron chi connectivity index (χ0n) is 10.3. The first kappa shape index (κ1) is 12.2. The summed E-state index contributed by atoms with van der Waals surface area (Å²) in [5.74, 6) is 2.86. The molecule has 0 aliphatic rings. The van der Waals surface area contributed by atoms with Gasteiger partial charge in [-0.05, 0) is 37.0 Å². The van der Waals surface area contributed by atoms with Crippen LogP contribution in [0.4, 0.5) is 5.95 Å². The molecule has 1 atom stereocenters. The topological polar surface area (TPSA) is 56.7 Å². The standard InChI is InChI=1S/C12H18N4S/c1-3-17-8-6-9(2)16-11-10(15-12(16)13)5-4-7-14-11/h4-5,7,9H,3,6,8H2,1-2H3,(H2,13,15). The van der Waals surface area contributed by atoms with Crippen LogP contribution in [0.5, 0.6) is 0 Å². The summed E-state index contributed by atoms with van der Waals surface area (Å²) in [6, 6.07) is 4.17. The zero-order valence-corrected chi connectivity index (χ0v) is 11.1. The number of hydrogen-bond acceptors (Lipinski definition) is 4. The van der Waals surface area contributed by atoms with Crippen LogP contribution in [0.2, 0.25) is 0 Å². The van der Waals surface area contributed by atoms with Crippen molar-refractivity contribution in [1.29, 1.82) is 0 Å². The lowest BCUT2D eigenvalue weighted by Crippen LogP contribution is -2.10. The van der Waals surface area contributed by atoms with Gasteiger partial charge in [-0.2, -0.15) is 11.8 Å². The first-order chi connectivity index (χ1) is 8.24. The normalized spacial score (nSPS) is 13.1. The van der Waals surface area contributed by atoms with Crippen LogP contribution in [-0.4, -0.2) is 26.0 Å². The minimum atomic E-state index is 0.342. The molecule has 0 fully saturated rings. The third-order valence-corrected chi connectivity index (χ3v) is 3.73. The van der Waals surface area contributed by atoms with Crippen molar-refractivity contribution in [3.63, 3.8) is 0 Å². The molecule has 0 spiro atoms. The molecule has 0 radical (unpaired) electrons. The van der Waals surface area contributed by atoms with Gasteiger partial charge in [0.05, 0.1) is 0 Å². The van der Waals surface area contributed by atoms with E-state index in [0.717, 1.165) is 29.1 Å². The molecular formula is C12H18N4S. The maximum absolute atomic E-state index is 5.96. The number of fused-ring (bicyclic) bond motifs is 1. The van der Waals surface area contributed by atoms with Crippen LogP contribution >= 0.6 is 11.8 Å². The van der Waals surface area contributed by atoms with E-state index in [-0.39, 0.29) is 0 Å². The number of nitrogens with zero attached hydrogens (tertiary/aromatic N) is 3. The van der Waals surface area contributed by atoms with E-state index in [4.69, 9.17) is 5.73 Å². The lowest BCUT2D eigenvalue weighted by Gasteiger charge is -2.14. The van der Waals surface area contributed by atoms with Crippen molar-refractivity contribution in [2.45, 2.75) is 26.3 Å². The lowest BCUT2D eigenvalue weighted by atomic mass is 10.2. The second-order valence-corrected chi connectivity index (χ2v) is 5.41. The van der Waals surface area contributed by atoms with Gasteiger partial charge in [0.1, 0.15) is 5.52 Å². The summed E-state index contributed by atoms with van der Waals surface area (Å²) in [5, 5.41) is 0. The fourth-order valence-electron chi connectivity index (χ4n) is 1.91. The second kappa shape index (κ2) is 5.40. The Hall–Kier alpha value is -1.23. The Morgan fingerprint density at radius 1 is 1.53 bits per heavy atom. The molecule has 4 nitrogen and oxygen atoms in total. The predicted molar refractivity (Wildman–Crippen MR) is 74.3 cm³/mol. The lowest BCUT2D eigenvalue weighted by molar-refractivity contribution is 0.552. The fourth-order valence-corrected chi connectivity index (χ4v) is 2.71. The van der Waals surface area contributed by atoms with Gasteiger partial charge in [0.2, 0.25) is 5.95 Å². The number of pyridine rings is 1. The van der Waals surface area contributed by atoms with Crippen LogP contribution in [0.15, 0.2) is 18.3 Å². The summed E-state index contributed by atoms with van der Waals surface area (Å²) in [4.78, 5) is 8.70. The van der Waals surface area contributed by atoms with Gasteiger partial charge in [0.25, 0.3) is 0 Å². The highest BCUT2D eigenvalue weighted by Gasteiger charge is 2.14. The molecule has 17 heavy (non-hydrogen) atoms. The first-order valence-corrected chi connectivity index (χ1v) is 7.05. The largest absolute Gasteiger partial charge is 0.369 e. The van der Waals surface area contributed by atoms with Crippen LogP contribution in [-0.2, 0) is 0 Å². The third-order valence-electron chi connectivity index (χ3n) is 2.80. The number of aromatic nitrogens is 3. The highest BCUT2D eigenvalue weighted by atomic mass is 32.2. The van der Waals surface area contributed by atoms with Gasteiger partial charge in [-0.25, -0.2) is 9.97 Å². The number of thioether (sulfide) groups is 1. The highest BCUT2D eigenvalue weighted by Crippen LogP contribution is 2.23. The molecule has 2 aromatic rings. The van der Waals surface area contributed by atoms with Crippen molar-refractivity contribution in [1.82, 2.24) is 14.5 Å². The summed E-state index contributed by atoms with van der Waals surface area (Å²) in [5.41, 5.74) is 7.73. The van der Waals surface area contributed by atoms with Crippen molar-refractivity contribution in [2.75, 3.05) is 17.2 Å². The average molecular weight is 250 g/mol. The van der Waals surface area contributed by atoms with Gasteiger partial charge in [-0.15, -0.1) is 0 Å². The maximum Gasteiger partial charge on any atom is 0.202 e. The number of imidazole rings is 1. The molecule has 2 heterocycles. The van der Waals surface area contributed by atoms with Crippen molar-refractivity contribution in [3.8, 4) is 0 Å². The molecule has 0 bridgehead atoms. The molecule has 0 saturated heterocycles. The molecule has 2 aromatic heterocycles. The van der Waals surface area contributed by atoms with E-state index in [2.05, 4.69) is 23.8 Å². The van der Waals surface area contributed by atoms with Crippen molar-refractivity contribution in [3.05, 3.63) is 18.3 Å². The number of nitrogen functional groups attached to an aromatic ring is 1. The van der Waals surface area contributed by atoms with Crippen molar-refractivity contribution in [2.24, 2.45) is 0 Å². The smallest absolute Gasteiger partial charge is 0.202 e. The molecule has 0 amide bonds. The van der Waals surface area contributed by atoms with E-state index < -0.39 is 0 Å². The summed E-state index contributed by atoms with van der Waals surface area (Å²) in [6.07, 6.45) is 2.87. The molecule has 2 N–H and O–H groups in total. The summed E-state index contributed by atoms with van der Waals surface area (Å²) < 4.78 is 2.03. The number of rotatable bonds is 5. The highest BCUT2D eigenvalue weighted by molar-refractivity contribution is 7.99. The van der Waals surface area contributed by atoms with Crippen molar-refractivity contribution >= 4 is 28.9 Å². The molecule has 0 saturated carbocycles. The fraction of sp³-hybridized carbons (Fsp3) is 0.500. The van der Waals surface area contributed by atoms with Crippen LogP contribution in [0, 0.1) is 0 Å². The Labute approximate surface area is 106 Å². The van der Waals surface area contributed by atoms with Crippen LogP contribution in [0.1, 0.15) is 26.3 Å². The number of nitrogens with two attached hydrogens (primary N) is 1. The molecule has 0 aromatic carbocycles. The molecule has 2 rings (SSSR count). The Kier molecular flexibility index (Phi) is 3.89. The molecule has 5 heteroatoms. The summed E-state index contributed by atoms with van der Waals surface area (Å²) >= 11 is 1.95. The van der Waals surface area contributed by atoms with Crippen molar-refractivity contribution < 1.29 is 0 Å². The van der Waals surface area contributed by atoms with E-state index in [1.807, 2.05) is 28.5 Å². The van der Waals surface area contributed by atoms with Gasteiger partial charge in [-0.1, -0.05) is 6.92 Å². The molecule has 0 aliphatic carbocycles. The van der Waals surface area contributed by atoms with Gasteiger partial charge < -0.3 is 5.73 Å². The van der Waals surface area contributed by atoms with Gasteiger partial charge in [0, 0.05) is 12.2 Å². The average Bonchev–Trinajstić information content (AvgIpc) is 2.65. The SMILES string of the molecule is CCSCCC(C)n1c(N)nc2cccnc21. The van der Waals surface area contributed by atoms with Gasteiger partial charge >= 0.3 is 0 Å². The van der Waals surface area contributed by atoms with Gasteiger partial charge in [0.15, 0.2) is 5.65 Å². The van der Waals surface area contributed by atoms with E-state index in [1.165, 1.54) is 0 Å². The Bertz CT molecular complexity index is 494.